The fourth-order valence-electron chi connectivity index (χ4n) is 1.43. The molecule has 1 saturated heterocycles. The maximum atomic E-state index is 4.50. The molecule has 0 bridgehead atoms. The molecule has 0 aromatic carbocycles. The molecule has 0 saturated carbocycles. The summed E-state index contributed by atoms with van der Waals surface area (Å²) in [4.78, 5) is 6.60. The average Bonchev–Trinajstić information content (AvgIpc) is 2.34. The summed E-state index contributed by atoms with van der Waals surface area (Å²) in [6.07, 6.45) is 1.84. The number of hydrogen-bond acceptors (Lipinski definition) is 4. The molecule has 0 spiro atoms. The lowest BCUT2D eigenvalue weighted by Gasteiger charge is -2.28. The number of nitrogens with zero attached hydrogens (tertiary/aromatic N) is 2. The van der Waals surface area contributed by atoms with Crippen LogP contribution in [0.25, 0.3) is 0 Å². The van der Waals surface area contributed by atoms with E-state index in [1.165, 1.54) is 7.05 Å². The first kappa shape index (κ1) is 10.9. The highest BCUT2D eigenvalue weighted by molar-refractivity contribution is 5.38. The van der Waals surface area contributed by atoms with Gasteiger partial charge in [0, 0.05) is 32.4 Å². The summed E-state index contributed by atoms with van der Waals surface area (Å²) in [6.45, 7) is 4.27. The normalized spacial score (nSPS) is 15.7. The number of aromatic nitrogens is 1. The predicted octanol–water partition coefficient (Wildman–Crippen LogP) is 0.0661. The van der Waals surface area contributed by atoms with Crippen LogP contribution in [0.5, 0.6) is 0 Å². The maximum Gasteiger partial charge on any atom is 0.128 e. The summed E-state index contributed by atoms with van der Waals surface area (Å²) >= 11 is 0. The molecular weight excluding hydrogens is 176 g/mol. The smallest absolute Gasteiger partial charge is 0.128 e. The summed E-state index contributed by atoms with van der Waals surface area (Å²) in [5.74, 6) is 1.10. The van der Waals surface area contributed by atoms with Gasteiger partial charge in [-0.15, -0.1) is 0 Å². The first-order valence-electron chi connectivity index (χ1n) is 4.91. The molecule has 4 nitrogen and oxygen atoms in total. The van der Waals surface area contributed by atoms with Gasteiger partial charge in [0.15, 0.2) is 0 Å². The van der Waals surface area contributed by atoms with Crippen LogP contribution in [0.1, 0.15) is 0 Å². The molecular formula is C10H18N4. The van der Waals surface area contributed by atoms with Gasteiger partial charge in [-0.05, 0) is 19.2 Å². The molecule has 2 rings (SSSR count). The van der Waals surface area contributed by atoms with Crippen molar-refractivity contribution in [2.75, 3.05) is 38.1 Å². The molecule has 4 heteroatoms. The van der Waals surface area contributed by atoms with Gasteiger partial charge in [0.2, 0.25) is 0 Å². The van der Waals surface area contributed by atoms with Crippen molar-refractivity contribution < 1.29 is 0 Å². The molecule has 3 N–H and O–H groups in total. The van der Waals surface area contributed by atoms with Gasteiger partial charge in [0.1, 0.15) is 5.82 Å². The summed E-state index contributed by atoms with van der Waals surface area (Å²) in [5, 5.41) is 3.32. The lowest BCUT2D eigenvalue weighted by Crippen LogP contribution is -2.43. The second-order valence-corrected chi connectivity index (χ2v) is 2.92. The summed E-state index contributed by atoms with van der Waals surface area (Å²) in [5.41, 5.74) is 4.50. The van der Waals surface area contributed by atoms with Crippen molar-refractivity contribution in [3.05, 3.63) is 24.4 Å². The van der Waals surface area contributed by atoms with Crippen LogP contribution in [0.4, 0.5) is 5.82 Å². The molecule has 1 aliphatic heterocycles. The van der Waals surface area contributed by atoms with E-state index in [1.807, 2.05) is 18.3 Å². The molecule has 2 heterocycles. The number of nitrogens with two attached hydrogens (primary N) is 1. The van der Waals surface area contributed by atoms with Crippen LogP contribution in [0, 0.1) is 0 Å². The first-order valence-corrected chi connectivity index (χ1v) is 4.91. The Kier molecular flexibility index (Phi) is 4.96. The molecule has 1 aromatic rings. The van der Waals surface area contributed by atoms with Crippen molar-refractivity contribution in [3.63, 3.8) is 0 Å². The highest BCUT2D eigenvalue weighted by Gasteiger charge is 2.09. The number of rotatable bonds is 1. The quantitative estimate of drug-likeness (QED) is 0.664. The third kappa shape index (κ3) is 2.97. The van der Waals surface area contributed by atoms with E-state index >= 15 is 0 Å². The zero-order valence-corrected chi connectivity index (χ0v) is 8.61. The van der Waals surface area contributed by atoms with Gasteiger partial charge in [-0.1, -0.05) is 6.07 Å². The van der Waals surface area contributed by atoms with Gasteiger partial charge in [-0.25, -0.2) is 4.98 Å². The Balaban J connectivity index is 0.000000461. The second-order valence-electron chi connectivity index (χ2n) is 2.92. The zero-order chi connectivity index (χ0) is 10.2. The molecule has 1 aromatic heterocycles. The molecule has 0 amide bonds. The molecule has 1 aliphatic rings. The topological polar surface area (TPSA) is 54.2 Å². The van der Waals surface area contributed by atoms with Crippen molar-refractivity contribution in [1.29, 1.82) is 0 Å². The van der Waals surface area contributed by atoms with Crippen LogP contribution in [-0.2, 0) is 0 Å². The van der Waals surface area contributed by atoms with E-state index in [0.717, 1.165) is 32.0 Å². The Labute approximate surface area is 85.1 Å². The van der Waals surface area contributed by atoms with E-state index in [0.29, 0.717) is 0 Å². The van der Waals surface area contributed by atoms with Gasteiger partial charge < -0.3 is 16.0 Å². The Hall–Kier alpha value is -1.13. The van der Waals surface area contributed by atoms with E-state index in [1.54, 1.807) is 0 Å². The second kappa shape index (κ2) is 6.34. The minimum Gasteiger partial charge on any atom is -0.354 e. The Bertz CT molecular complexity index is 231. The van der Waals surface area contributed by atoms with Crippen molar-refractivity contribution in [1.82, 2.24) is 10.3 Å². The highest BCUT2D eigenvalue weighted by atomic mass is 15.2. The van der Waals surface area contributed by atoms with E-state index in [-0.39, 0.29) is 0 Å². The number of anilines is 1. The first-order chi connectivity index (χ1) is 6.97. The van der Waals surface area contributed by atoms with E-state index in [4.69, 9.17) is 0 Å². The Morgan fingerprint density at radius 1 is 1.29 bits per heavy atom. The molecule has 78 valence electrons. The number of pyridine rings is 1. The van der Waals surface area contributed by atoms with Gasteiger partial charge >= 0.3 is 0 Å². The molecule has 1 fully saturated rings. The molecule has 0 atom stereocenters. The maximum absolute atomic E-state index is 4.50. The molecule has 0 unspecified atom stereocenters. The van der Waals surface area contributed by atoms with Crippen molar-refractivity contribution in [3.8, 4) is 0 Å². The number of piperazine rings is 1. The lowest BCUT2D eigenvalue weighted by molar-refractivity contribution is 0.585. The minimum atomic E-state index is 1.07. The average molecular weight is 194 g/mol. The SMILES string of the molecule is CN.c1ccc(N2CCNCC2)nc1. The molecule has 0 aliphatic carbocycles. The van der Waals surface area contributed by atoms with Gasteiger partial charge in [0.05, 0.1) is 0 Å². The monoisotopic (exact) mass is 194 g/mol. The van der Waals surface area contributed by atoms with E-state index in [2.05, 4.69) is 27.0 Å². The zero-order valence-electron chi connectivity index (χ0n) is 8.61. The van der Waals surface area contributed by atoms with Crippen molar-refractivity contribution >= 4 is 5.82 Å². The van der Waals surface area contributed by atoms with E-state index in [9.17, 15) is 0 Å². The van der Waals surface area contributed by atoms with Gasteiger partial charge in [-0.2, -0.15) is 0 Å². The number of nitrogens with one attached hydrogen (secondary N) is 1. The van der Waals surface area contributed by atoms with Crippen LogP contribution < -0.4 is 16.0 Å². The third-order valence-corrected chi connectivity index (χ3v) is 2.09. The van der Waals surface area contributed by atoms with Crippen LogP contribution in [-0.4, -0.2) is 38.2 Å². The van der Waals surface area contributed by atoms with Crippen LogP contribution in [0.2, 0.25) is 0 Å². The predicted molar refractivity (Wildman–Crippen MR) is 59.4 cm³/mol. The third-order valence-electron chi connectivity index (χ3n) is 2.09. The van der Waals surface area contributed by atoms with Crippen LogP contribution in [0.3, 0.4) is 0 Å². The van der Waals surface area contributed by atoms with Crippen molar-refractivity contribution in [2.45, 2.75) is 0 Å². The fourth-order valence-corrected chi connectivity index (χ4v) is 1.43. The fraction of sp³-hybridized carbons (Fsp3) is 0.500. The Morgan fingerprint density at radius 2 is 2.00 bits per heavy atom. The van der Waals surface area contributed by atoms with Gasteiger partial charge in [-0.3, -0.25) is 0 Å². The summed E-state index contributed by atoms with van der Waals surface area (Å²) in [7, 11) is 1.50. The van der Waals surface area contributed by atoms with Crippen LogP contribution in [0.15, 0.2) is 24.4 Å². The standard InChI is InChI=1S/C9H13N3.CH5N/c1-2-4-11-9(3-1)12-7-5-10-6-8-12;1-2/h1-4,10H,5-8H2;2H2,1H3. The molecule has 0 radical (unpaired) electrons. The Morgan fingerprint density at radius 3 is 2.57 bits per heavy atom. The van der Waals surface area contributed by atoms with Crippen molar-refractivity contribution in [2.24, 2.45) is 5.73 Å². The van der Waals surface area contributed by atoms with Gasteiger partial charge in [0.25, 0.3) is 0 Å². The lowest BCUT2D eigenvalue weighted by atomic mass is 10.3. The van der Waals surface area contributed by atoms with Crippen LogP contribution >= 0.6 is 0 Å². The number of hydrogen-bond donors (Lipinski definition) is 2. The largest absolute Gasteiger partial charge is 0.354 e. The summed E-state index contributed by atoms with van der Waals surface area (Å²) in [6, 6.07) is 6.04. The molecule has 14 heavy (non-hydrogen) atoms. The minimum absolute atomic E-state index is 1.07. The highest BCUT2D eigenvalue weighted by Crippen LogP contribution is 2.08. The van der Waals surface area contributed by atoms with E-state index < -0.39 is 0 Å². The summed E-state index contributed by atoms with van der Waals surface area (Å²) < 4.78 is 0.